The maximum atomic E-state index is 5.36. The van der Waals surface area contributed by atoms with Crippen LogP contribution in [0.3, 0.4) is 0 Å². The molecular weight excluding hydrogens is 240 g/mol. The van der Waals surface area contributed by atoms with Crippen molar-refractivity contribution in [3.63, 3.8) is 0 Å². The minimum Gasteiger partial charge on any atom is -0.454 e. The van der Waals surface area contributed by atoms with Crippen molar-refractivity contribution < 1.29 is 9.47 Å². The highest BCUT2D eigenvalue weighted by Crippen LogP contribution is 2.32. The van der Waals surface area contributed by atoms with E-state index in [0.717, 1.165) is 30.3 Å². The number of aromatic nitrogens is 1. The van der Waals surface area contributed by atoms with E-state index in [1.807, 2.05) is 37.4 Å². The third-order valence-corrected chi connectivity index (χ3v) is 3.07. The molecule has 0 saturated heterocycles. The lowest BCUT2D eigenvalue weighted by atomic mass is 10.2. The zero-order valence-electron chi connectivity index (χ0n) is 10.8. The first-order valence-corrected chi connectivity index (χ1v) is 6.32. The Bertz CT molecular complexity index is 567. The highest BCUT2D eigenvalue weighted by Gasteiger charge is 2.12. The van der Waals surface area contributed by atoms with Gasteiger partial charge in [-0.2, -0.15) is 0 Å². The van der Waals surface area contributed by atoms with Crippen LogP contribution < -0.4 is 14.8 Å². The Morgan fingerprint density at radius 1 is 1.05 bits per heavy atom. The Hall–Kier alpha value is -2.07. The molecule has 2 aromatic rings. The molecule has 0 saturated carbocycles. The van der Waals surface area contributed by atoms with E-state index in [2.05, 4.69) is 16.4 Å². The Balaban J connectivity index is 1.56. The maximum absolute atomic E-state index is 5.36. The number of fused-ring (bicyclic) bond motifs is 1. The molecule has 1 aliphatic heterocycles. The van der Waals surface area contributed by atoms with Crippen molar-refractivity contribution in [3.05, 3.63) is 53.3 Å². The molecule has 4 heteroatoms. The smallest absolute Gasteiger partial charge is 0.231 e. The van der Waals surface area contributed by atoms with Crippen LogP contribution in [-0.2, 0) is 13.1 Å². The van der Waals surface area contributed by atoms with Gasteiger partial charge in [-0.3, -0.25) is 4.98 Å². The number of benzene rings is 1. The monoisotopic (exact) mass is 256 g/mol. The lowest BCUT2D eigenvalue weighted by Crippen LogP contribution is -2.12. The standard InChI is InChI=1S/C15H16N2O2/c1-11-2-3-13(9-17-11)8-16-7-12-4-5-14-15(6-12)19-10-18-14/h2-6,9,16H,7-8,10H2,1H3. The molecule has 3 rings (SSSR count). The average molecular weight is 256 g/mol. The largest absolute Gasteiger partial charge is 0.454 e. The SMILES string of the molecule is Cc1ccc(CNCc2ccc3c(c2)OCO3)cn1. The molecule has 1 aromatic carbocycles. The van der Waals surface area contributed by atoms with Crippen LogP contribution in [0.15, 0.2) is 36.5 Å². The van der Waals surface area contributed by atoms with E-state index in [-0.39, 0.29) is 0 Å². The highest BCUT2D eigenvalue weighted by molar-refractivity contribution is 5.44. The van der Waals surface area contributed by atoms with Gasteiger partial charge in [0, 0.05) is 25.0 Å². The minimum atomic E-state index is 0.321. The summed E-state index contributed by atoms with van der Waals surface area (Å²) in [6, 6.07) is 10.1. The summed E-state index contributed by atoms with van der Waals surface area (Å²) in [6.07, 6.45) is 1.90. The molecule has 0 unspecified atom stereocenters. The lowest BCUT2D eigenvalue weighted by Gasteiger charge is -2.06. The first kappa shape index (κ1) is 12.0. The molecule has 0 aliphatic carbocycles. The van der Waals surface area contributed by atoms with Crippen molar-refractivity contribution in [1.82, 2.24) is 10.3 Å². The van der Waals surface area contributed by atoms with Crippen LogP contribution in [0.2, 0.25) is 0 Å². The van der Waals surface area contributed by atoms with Gasteiger partial charge in [0.15, 0.2) is 11.5 Å². The normalized spacial score (nSPS) is 12.7. The van der Waals surface area contributed by atoms with E-state index in [4.69, 9.17) is 9.47 Å². The van der Waals surface area contributed by atoms with Crippen molar-refractivity contribution in [2.75, 3.05) is 6.79 Å². The van der Waals surface area contributed by atoms with Gasteiger partial charge in [-0.05, 0) is 36.2 Å². The van der Waals surface area contributed by atoms with E-state index in [1.165, 1.54) is 11.1 Å². The Labute approximate surface area is 112 Å². The van der Waals surface area contributed by atoms with Crippen LogP contribution in [0.1, 0.15) is 16.8 Å². The van der Waals surface area contributed by atoms with Gasteiger partial charge in [-0.1, -0.05) is 12.1 Å². The van der Waals surface area contributed by atoms with Crippen molar-refractivity contribution in [1.29, 1.82) is 0 Å². The number of rotatable bonds is 4. The third-order valence-electron chi connectivity index (χ3n) is 3.07. The number of nitrogens with one attached hydrogen (secondary N) is 1. The van der Waals surface area contributed by atoms with Crippen LogP contribution in [0.5, 0.6) is 11.5 Å². The summed E-state index contributed by atoms with van der Waals surface area (Å²) < 4.78 is 10.6. The molecule has 0 bridgehead atoms. The summed E-state index contributed by atoms with van der Waals surface area (Å²) in [4.78, 5) is 4.28. The van der Waals surface area contributed by atoms with Gasteiger partial charge in [0.1, 0.15) is 0 Å². The predicted octanol–water partition coefficient (Wildman–Crippen LogP) is 2.41. The molecule has 0 radical (unpaired) electrons. The summed E-state index contributed by atoms with van der Waals surface area (Å²) >= 11 is 0. The van der Waals surface area contributed by atoms with Crippen LogP contribution in [0.25, 0.3) is 0 Å². The molecule has 1 N–H and O–H groups in total. The van der Waals surface area contributed by atoms with Crippen molar-refractivity contribution in [3.8, 4) is 11.5 Å². The van der Waals surface area contributed by atoms with Crippen molar-refractivity contribution >= 4 is 0 Å². The van der Waals surface area contributed by atoms with Gasteiger partial charge in [-0.15, -0.1) is 0 Å². The number of hydrogen-bond acceptors (Lipinski definition) is 4. The zero-order valence-corrected chi connectivity index (χ0v) is 10.8. The number of aryl methyl sites for hydroxylation is 1. The molecule has 1 aliphatic rings. The van der Waals surface area contributed by atoms with Gasteiger partial charge in [0.25, 0.3) is 0 Å². The summed E-state index contributed by atoms with van der Waals surface area (Å²) in [5, 5.41) is 3.39. The summed E-state index contributed by atoms with van der Waals surface area (Å²) in [5.74, 6) is 1.66. The molecule has 0 atom stereocenters. The molecule has 98 valence electrons. The summed E-state index contributed by atoms with van der Waals surface area (Å²) in [6.45, 7) is 3.91. The first-order chi connectivity index (χ1) is 9.31. The highest BCUT2D eigenvalue weighted by atomic mass is 16.7. The van der Waals surface area contributed by atoms with Crippen LogP contribution in [0, 0.1) is 6.92 Å². The van der Waals surface area contributed by atoms with Crippen molar-refractivity contribution in [2.24, 2.45) is 0 Å². The Morgan fingerprint density at radius 3 is 2.68 bits per heavy atom. The molecular formula is C15H16N2O2. The van der Waals surface area contributed by atoms with Gasteiger partial charge in [0.05, 0.1) is 0 Å². The molecule has 0 spiro atoms. The topological polar surface area (TPSA) is 43.4 Å². The third kappa shape index (κ3) is 2.85. The van der Waals surface area contributed by atoms with Gasteiger partial charge >= 0.3 is 0 Å². The van der Waals surface area contributed by atoms with E-state index in [9.17, 15) is 0 Å². The minimum absolute atomic E-state index is 0.321. The van der Waals surface area contributed by atoms with Crippen molar-refractivity contribution in [2.45, 2.75) is 20.0 Å². The maximum Gasteiger partial charge on any atom is 0.231 e. The second-order valence-electron chi connectivity index (χ2n) is 4.60. The summed E-state index contributed by atoms with van der Waals surface area (Å²) in [7, 11) is 0. The number of pyridine rings is 1. The molecule has 19 heavy (non-hydrogen) atoms. The Kier molecular flexibility index (Phi) is 3.33. The quantitative estimate of drug-likeness (QED) is 0.912. The second kappa shape index (κ2) is 5.28. The fraction of sp³-hybridized carbons (Fsp3) is 0.267. The first-order valence-electron chi connectivity index (χ1n) is 6.32. The average Bonchev–Trinajstić information content (AvgIpc) is 2.88. The molecule has 0 fully saturated rings. The summed E-state index contributed by atoms with van der Waals surface area (Å²) in [5.41, 5.74) is 3.41. The molecule has 2 heterocycles. The van der Waals surface area contributed by atoms with Gasteiger partial charge in [0.2, 0.25) is 6.79 Å². The van der Waals surface area contributed by atoms with Crippen LogP contribution in [0.4, 0.5) is 0 Å². The van der Waals surface area contributed by atoms with E-state index in [0.29, 0.717) is 6.79 Å². The predicted molar refractivity (Wildman–Crippen MR) is 72.1 cm³/mol. The number of hydrogen-bond donors (Lipinski definition) is 1. The molecule has 0 amide bonds. The second-order valence-corrected chi connectivity index (χ2v) is 4.60. The fourth-order valence-electron chi connectivity index (χ4n) is 2.01. The molecule has 4 nitrogen and oxygen atoms in total. The lowest BCUT2D eigenvalue weighted by molar-refractivity contribution is 0.174. The van der Waals surface area contributed by atoms with Gasteiger partial charge < -0.3 is 14.8 Å². The van der Waals surface area contributed by atoms with Gasteiger partial charge in [-0.25, -0.2) is 0 Å². The van der Waals surface area contributed by atoms with E-state index in [1.54, 1.807) is 0 Å². The number of nitrogens with zero attached hydrogens (tertiary/aromatic N) is 1. The van der Waals surface area contributed by atoms with Crippen LogP contribution in [-0.4, -0.2) is 11.8 Å². The van der Waals surface area contributed by atoms with E-state index < -0.39 is 0 Å². The molecule has 1 aromatic heterocycles. The fourth-order valence-corrected chi connectivity index (χ4v) is 2.01. The zero-order chi connectivity index (χ0) is 13.1. The Morgan fingerprint density at radius 2 is 1.84 bits per heavy atom. The van der Waals surface area contributed by atoms with Crippen LogP contribution >= 0.6 is 0 Å². The van der Waals surface area contributed by atoms with E-state index >= 15 is 0 Å². The number of ether oxygens (including phenoxy) is 2.